The third kappa shape index (κ3) is 4.45. The van der Waals surface area contributed by atoms with Crippen LogP contribution in [0.1, 0.15) is 39.5 Å². The zero-order chi connectivity index (χ0) is 18.5. The van der Waals surface area contributed by atoms with E-state index in [0.29, 0.717) is 6.54 Å². The van der Waals surface area contributed by atoms with Gasteiger partial charge in [0.2, 0.25) is 5.91 Å². The summed E-state index contributed by atoms with van der Waals surface area (Å²) in [5.41, 5.74) is 0. The van der Waals surface area contributed by atoms with Crippen molar-refractivity contribution in [2.75, 3.05) is 24.5 Å². The van der Waals surface area contributed by atoms with Crippen molar-refractivity contribution in [3.8, 4) is 0 Å². The highest BCUT2D eigenvalue weighted by Crippen LogP contribution is 2.20. The van der Waals surface area contributed by atoms with E-state index in [9.17, 15) is 9.59 Å². The molecule has 7 heteroatoms. The molecule has 2 fully saturated rings. The van der Waals surface area contributed by atoms with Crippen LogP contribution in [0.15, 0.2) is 24.4 Å². The van der Waals surface area contributed by atoms with Gasteiger partial charge in [0.15, 0.2) is 0 Å². The fourth-order valence-electron chi connectivity index (χ4n) is 3.70. The zero-order valence-corrected chi connectivity index (χ0v) is 15.6. The van der Waals surface area contributed by atoms with Crippen LogP contribution >= 0.6 is 0 Å². The first-order valence-corrected chi connectivity index (χ1v) is 9.58. The molecule has 0 aliphatic carbocycles. The molecule has 2 aliphatic rings. The van der Waals surface area contributed by atoms with Crippen molar-refractivity contribution in [3.63, 3.8) is 0 Å². The molecular weight excluding hydrogens is 330 g/mol. The van der Waals surface area contributed by atoms with Crippen LogP contribution in [0.2, 0.25) is 0 Å². The van der Waals surface area contributed by atoms with Crippen LogP contribution < -0.4 is 15.5 Å². The summed E-state index contributed by atoms with van der Waals surface area (Å²) in [5.74, 6) is 0.974. The van der Waals surface area contributed by atoms with Crippen LogP contribution in [-0.4, -0.2) is 59.6 Å². The molecule has 1 aromatic heterocycles. The van der Waals surface area contributed by atoms with Gasteiger partial charge in [-0.15, -0.1) is 0 Å². The van der Waals surface area contributed by atoms with E-state index in [1.165, 1.54) is 0 Å². The van der Waals surface area contributed by atoms with Gasteiger partial charge in [-0.25, -0.2) is 9.78 Å². The van der Waals surface area contributed by atoms with Gasteiger partial charge in [-0.3, -0.25) is 4.79 Å². The van der Waals surface area contributed by atoms with E-state index >= 15 is 0 Å². The number of anilines is 1. The third-order valence-corrected chi connectivity index (χ3v) is 5.04. The number of nitrogens with zero attached hydrogens (tertiary/aromatic N) is 3. The molecule has 142 valence electrons. The highest BCUT2D eigenvalue weighted by atomic mass is 16.2. The predicted octanol–water partition coefficient (Wildman–Crippen LogP) is 1.75. The van der Waals surface area contributed by atoms with E-state index in [0.717, 1.165) is 44.6 Å². The van der Waals surface area contributed by atoms with Gasteiger partial charge in [0, 0.05) is 37.9 Å². The number of piperidine rings is 1. The Hall–Kier alpha value is -2.31. The summed E-state index contributed by atoms with van der Waals surface area (Å²) >= 11 is 0. The third-order valence-electron chi connectivity index (χ3n) is 5.04. The van der Waals surface area contributed by atoms with E-state index in [1.54, 1.807) is 11.1 Å². The van der Waals surface area contributed by atoms with Gasteiger partial charge in [0.1, 0.15) is 11.9 Å². The summed E-state index contributed by atoms with van der Waals surface area (Å²) in [5, 5.41) is 6.05. The maximum Gasteiger partial charge on any atom is 0.318 e. The second-order valence-electron chi connectivity index (χ2n) is 7.41. The number of aromatic nitrogens is 1. The summed E-state index contributed by atoms with van der Waals surface area (Å²) in [6, 6.07) is 5.68. The van der Waals surface area contributed by atoms with E-state index in [-0.39, 0.29) is 30.1 Å². The van der Waals surface area contributed by atoms with Crippen molar-refractivity contribution in [2.24, 2.45) is 0 Å². The van der Waals surface area contributed by atoms with Crippen LogP contribution in [0.5, 0.6) is 0 Å². The van der Waals surface area contributed by atoms with Gasteiger partial charge in [-0.05, 0) is 51.7 Å². The molecule has 2 saturated heterocycles. The standard InChI is InChI=1S/C19H29N5O2/c1-14(2)21-19(26)24-11-5-6-16(24)18(25)22-15-8-12-23(13-9-15)17-7-3-4-10-20-17/h3-4,7,10,14-16H,5-6,8-9,11-13H2,1-2H3,(H,21,26)(H,22,25)/t16-/m0/s1. The first-order valence-electron chi connectivity index (χ1n) is 9.58. The van der Waals surface area contributed by atoms with Gasteiger partial charge in [-0.2, -0.15) is 0 Å². The fourth-order valence-corrected chi connectivity index (χ4v) is 3.70. The second-order valence-corrected chi connectivity index (χ2v) is 7.41. The molecule has 0 radical (unpaired) electrons. The van der Waals surface area contributed by atoms with Crippen molar-refractivity contribution in [1.29, 1.82) is 0 Å². The molecular formula is C19H29N5O2. The number of carbonyl (C=O) groups is 2. The van der Waals surface area contributed by atoms with Crippen LogP contribution in [0, 0.1) is 0 Å². The lowest BCUT2D eigenvalue weighted by Gasteiger charge is -2.34. The van der Waals surface area contributed by atoms with E-state index < -0.39 is 0 Å². The topological polar surface area (TPSA) is 77.6 Å². The van der Waals surface area contributed by atoms with Crippen LogP contribution in [0.4, 0.5) is 10.6 Å². The second kappa shape index (κ2) is 8.38. The molecule has 2 N–H and O–H groups in total. The van der Waals surface area contributed by atoms with Crippen molar-refractivity contribution in [1.82, 2.24) is 20.5 Å². The Kier molecular flexibility index (Phi) is 5.96. The number of nitrogens with one attached hydrogen (secondary N) is 2. The van der Waals surface area contributed by atoms with Crippen molar-refractivity contribution >= 4 is 17.8 Å². The zero-order valence-electron chi connectivity index (χ0n) is 15.6. The minimum atomic E-state index is -0.345. The molecule has 0 spiro atoms. The Morgan fingerprint density at radius 2 is 1.92 bits per heavy atom. The van der Waals surface area contributed by atoms with Gasteiger partial charge in [0.05, 0.1) is 0 Å². The molecule has 0 bridgehead atoms. The maximum absolute atomic E-state index is 12.7. The Bertz CT molecular complexity index is 614. The Labute approximate surface area is 155 Å². The first-order chi connectivity index (χ1) is 12.5. The molecule has 3 rings (SSSR count). The number of pyridine rings is 1. The molecule has 2 aliphatic heterocycles. The molecule has 1 aromatic rings. The van der Waals surface area contributed by atoms with Crippen molar-refractivity contribution in [2.45, 2.75) is 57.7 Å². The molecule has 26 heavy (non-hydrogen) atoms. The van der Waals surface area contributed by atoms with Crippen molar-refractivity contribution in [3.05, 3.63) is 24.4 Å². The largest absolute Gasteiger partial charge is 0.356 e. The molecule has 0 saturated carbocycles. The highest BCUT2D eigenvalue weighted by Gasteiger charge is 2.35. The Balaban J connectivity index is 1.50. The molecule has 3 amide bonds. The fraction of sp³-hybridized carbons (Fsp3) is 0.632. The number of amides is 3. The lowest BCUT2D eigenvalue weighted by atomic mass is 10.0. The van der Waals surface area contributed by atoms with Crippen LogP contribution in [-0.2, 0) is 4.79 Å². The minimum Gasteiger partial charge on any atom is -0.356 e. The molecule has 0 unspecified atom stereocenters. The maximum atomic E-state index is 12.7. The molecule has 0 aromatic carbocycles. The molecule has 1 atom stereocenters. The number of hydrogen-bond donors (Lipinski definition) is 2. The Morgan fingerprint density at radius 3 is 2.58 bits per heavy atom. The predicted molar refractivity (Wildman–Crippen MR) is 101 cm³/mol. The lowest BCUT2D eigenvalue weighted by molar-refractivity contribution is -0.125. The summed E-state index contributed by atoms with van der Waals surface area (Å²) in [7, 11) is 0. The summed E-state index contributed by atoms with van der Waals surface area (Å²) in [4.78, 5) is 33.3. The average molecular weight is 359 g/mol. The number of urea groups is 1. The van der Waals surface area contributed by atoms with E-state index in [4.69, 9.17) is 0 Å². The summed E-state index contributed by atoms with van der Waals surface area (Å²) in [6.45, 7) is 6.26. The van der Waals surface area contributed by atoms with Gasteiger partial charge in [0.25, 0.3) is 0 Å². The number of hydrogen-bond acceptors (Lipinski definition) is 4. The monoisotopic (exact) mass is 359 g/mol. The Morgan fingerprint density at radius 1 is 1.15 bits per heavy atom. The number of carbonyl (C=O) groups excluding carboxylic acids is 2. The average Bonchev–Trinajstić information content (AvgIpc) is 3.13. The van der Waals surface area contributed by atoms with E-state index in [1.807, 2.05) is 32.0 Å². The smallest absolute Gasteiger partial charge is 0.318 e. The van der Waals surface area contributed by atoms with Gasteiger partial charge < -0.3 is 20.4 Å². The van der Waals surface area contributed by atoms with Crippen LogP contribution in [0.3, 0.4) is 0 Å². The normalized spacial score (nSPS) is 21.1. The molecule has 7 nitrogen and oxygen atoms in total. The number of rotatable bonds is 4. The SMILES string of the molecule is CC(C)NC(=O)N1CCC[C@H]1C(=O)NC1CCN(c2ccccn2)CC1. The molecule has 3 heterocycles. The van der Waals surface area contributed by atoms with Crippen molar-refractivity contribution < 1.29 is 9.59 Å². The highest BCUT2D eigenvalue weighted by molar-refractivity contribution is 5.87. The van der Waals surface area contributed by atoms with Gasteiger partial charge >= 0.3 is 6.03 Å². The summed E-state index contributed by atoms with van der Waals surface area (Å²) < 4.78 is 0. The van der Waals surface area contributed by atoms with Crippen LogP contribution in [0.25, 0.3) is 0 Å². The minimum absolute atomic E-state index is 0.0160. The van der Waals surface area contributed by atoms with E-state index in [2.05, 4.69) is 20.5 Å². The lowest BCUT2D eigenvalue weighted by Crippen LogP contribution is -2.53. The van der Waals surface area contributed by atoms with Gasteiger partial charge in [-0.1, -0.05) is 6.07 Å². The first kappa shape index (κ1) is 18.5. The summed E-state index contributed by atoms with van der Waals surface area (Å²) in [6.07, 6.45) is 5.21. The number of likely N-dealkylation sites (tertiary alicyclic amines) is 1. The quantitative estimate of drug-likeness (QED) is 0.859.